The molecule has 0 saturated carbocycles. The van der Waals surface area contributed by atoms with Crippen molar-refractivity contribution >= 4 is 16.6 Å². The van der Waals surface area contributed by atoms with Crippen LogP contribution < -0.4 is 0 Å². The van der Waals surface area contributed by atoms with Gasteiger partial charge < -0.3 is 8.85 Å². The highest BCUT2D eigenvalue weighted by atomic mass is 28.4. The molecule has 0 radical (unpaired) electrons. The van der Waals surface area contributed by atoms with E-state index in [1.54, 1.807) is 0 Å². The van der Waals surface area contributed by atoms with Gasteiger partial charge in [0.25, 0.3) is 0 Å². The van der Waals surface area contributed by atoms with Crippen molar-refractivity contribution in [3.8, 4) is 0 Å². The predicted molar refractivity (Wildman–Crippen MR) is 99.8 cm³/mol. The summed E-state index contributed by atoms with van der Waals surface area (Å²) in [5.74, 6) is 0. The molecule has 0 heterocycles. The molecule has 0 rings (SSSR count). The van der Waals surface area contributed by atoms with E-state index in [0.717, 1.165) is 12.8 Å². The minimum atomic E-state index is -1.82. The van der Waals surface area contributed by atoms with Crippen LogP contribution in [0.3, 0.4) is 0 Å². The zero-order chi connectivity index (χ0) is 16.7. The third kappa shape index (κ3) is 10.4. The smallest absolute Gasteiger partial charge is 0.202 e. The molecule has 2 nitrogen and oxygen atoms in total. The van der Waals surface area contributed by atoms with E-state index in [0.29, 0.717) is 5.73 Å². The van der Waals surface area contributed by atoms with Crippen LogP contribution in [0.15, 0.2) is 12.2 Å². The molecule has 0 amide bonds. The van der Waals surface area contributed by atoms with Gasteiger partial charge in [0.05, 0.1) is 11.8 Å². The molecule has 0 saturated heterocycles. The summed E-state index contributed by atoms with van der Waals surface area (Å²) in [7, 11) is -3.34. The lowest BCUT2D eigenvalue weighted by Crippen LogP contribution is -2.53. The Morgan fingerprint density at radius 3 is 2.10 bits per heavy atom. The van der Waals surface area contributed by atoms with Gasteiger partial charge in [-0.25, -0.2) is 0 Å². The Morgan fingerprint density at radius 1 is 1.10 bits per heavy atom. The largest absolute Gasteiger partial charge is 0.454 e. The van der Waals surface area contributed by atoms with Crippen LogP contribution in [0.5, 0.6) is 0 Å². The van der Waals surface area contributed by atoms with Gasteiger partial charge in [-0.1, -0.05) is 31.8 Å². The van der Waals surface area contributed by atoms with E-state index in [9.17, 15) is 0 Å². The number of unbranched alkanes of at least 4 members (excludes halogenated alkanes) is 2. The molecule has 2 unspecified atom stereocenters. The quantitative estimate of drug-likeness (QED) is 0.267. The first-order valence-electron chi connectivity index (χ1n) is 8.48. The number of rotatable bonds is 11. The Balaban J connectivity index is 4.81. The highest BCUT2D eigenvalue weighted by Crippen LogP contribution is 2.25. The molecule has 0 aromatic rings. The SMILES string of the molecule is C=C(C)CC(C)OC(CCCCC)[Si](C)(C)O[Si](C)(C)C. The molecule has 0 fully saturated rings. The van der Waals surface area contributed by atoms with Crippen molar-refractivity contribution in [2.24, 2.45) is 0 Å². The minimum absolute atomic E-state index is 0.242. The number of ether oxygens (including phenoxy) is 1. The van der Waals surface area contributed by atoms with Crippen molar-refractivity contribution in [1.29, 1.82) is 0 Å². The van der Waals surface area contributed by atoms with E-state index in [1.807, 2.05) is 0 Å². The molecule has 0 aliphatic rings. The summed E-state index contributed by atoms with van der Waals surface area (Å²) in [6.45, 7) is 22.0. The molecule has 0 aromatic heterocycles. The van der Waals surface area contributed by atoms with Crippen molar-refractivity contribution in [3.63, 3.8) is 0 Å². The maximum Gasteiger partial charge on any atom is 0.202 e. The Labute approximate surface area is 135 Å². The van der Waals surface area contributed by atoms with Gasteiger partial charge in [0.2, 0.25) is 8.32 Å². The lowest BCUT2D eigenvalue weighted by atomic mass is 10.1. The van der Waals surface area contributed by atoms with Crippen LogP contribution in [-0.4, -0.2) is 28.5 Å². The standard InChI is InChI=1S/C17H38O2Si2/c1-10-11-12-13-17(18-16(4)14-15(2)3)21(8,9)19-20(5,6)7/h16-17H,2,10-14H2,1,3-9H3. The van der Waals surface area contributed by atoms with E-state index in [4.69, 9.17) is 8.85 Å². The Kier molecular flexibility index (Phi) is 9.32. The van der Waals surface area contributed by atoms with Crippen molar-refractivity contribution < 1.29 is 8.85 Å². The van der Waals surface area contributed by atoms with E-state index in [2.05, 4.69) is 60.1 Å². The fraction of sp³-hybridized carbons (Fsp3) is 0.882. The second kappa shape index (κ2) is 9.28. The molecule has 0 spiro atoms. The summed E-state index contributed by atoms with van der Waals surface area (Å²) in [6, 6.07) is 0. The normalized spacial score (nSPS) is 15.8. The molecular formula is C17H38O2Si2. The van der Waals surface area contributed by atoms with Gasteiger partial charge in [-0.15, -0.1) is 6.58 Å². The zero-order valence-corrected chi connectivity index (χ0v) is 17.7. The van der Waals surface area contributed by atoms with Crippen molar-refractivity contribution in [1.82, 2.24) is 0 Å². The molecule has 0 N–H and O–H groups in total. The summed E-state index contributed by atoms with van der Waals surface area (Å²) in [6.07, 6.45) is 6.11. The van der Waals surface area contributed by atoms with Crippen LogP contribution in [0.4, 0.5) is 0 Å². The van der Waals surface area contributed by atoms with Crippen LogP contribution in [0.2, 0.25) is 32.7 Å². The average molecular weight is 331 g/mol. The molecule has 126 valence electrons. The molecule has 4 heteroatoms. The Morgan fingerprint density at radius 2 is 1.67 bits per heavy atom. The predicted octanol–water partition coefficient (Wildman–Crippen LogP) is 5.90. The monoisotopic (exact) mass is 330 g/mol. The highest BCUT2D eigenvalue weighted by molar-refractivity contribution is 6.84. The fourth-order valence-electron chi connectivity index (χ4n) is 2.83. The summed E-state index contributed by atoms with van der Waals surface area (Å²) < 4.78 is 13.0. The Bertz CT molecular complexity index is 308. The maximum absolute atomic E-state index is 6.55. The molecule has 2 atom stereocenters. The van der Waals surface area contributed by atoms with Crippen molar-refractivity contribution in [2.45, 2.75) is 97.4 Å². The van der Waals surface area contributed by atoms with Crippen molar-refractivity contribution in [2.75, 3.05) is 0 Å². The number of hydrogen-bond acceptors (Lipinski definition) is 2. The van der Waals surface area contributed by atoms with Gasteiger partial charge in [0.1, 0.15) is 0 Å². The molecular weight excluding hydrogens is 292 g/mol. The van der Waals surface area contributed by atoms with E-state index < -0.39 is 16.6 Å². The van der Waals surface area contributed by atoms with Gasteiger partial charge in [0, 0.05) is 0 Å². The first kappa shape index (κ1) is 21.1. The highest BCUT2D eigenvalue weighted by Gasteiger charge is 2.38. The van der Waals surface area contributed by atoms with Crippen LogP contribution >= 0.6 is 0 Å². The summed E-state index contributed by atoms with van der Waals surface area (Å²) >= 11 is 0. The van der Waals surface area contributed by atoms with Crippen LogP contribution in [0, 0.1) is 0 Å². The first-order chi connectivity index (χ1) is 9.48. The second-order valence-electron chi connectivity index (χ2n) is 7.91. The lowest BCUT2D eigenvalue weighted by Gasteiger charge is -2.39. The van der Waals surface area contributed by atoms with Gasteiger partial charge >= 0.3 is 0 Å². The summed E-state index contributed by atoms with van der Waals surface area (Å²) in [5.41, 5.74) is 1.49. The van der Waals surface area contributed by atoms with Gasteiger partial charge in [-0.2, -0.15) is 0 Å². The first-order valence-corrected chi connectivity index (χ1v) is 14.9. The molecule has 0 aliphatic heterocycles. The van der Waals surface area contributed by atoms with Crippen LogP contribution in [0.1, 0.15) is 52.9 Å². The minimum Gasteiger partial charge on any atom is -0.454 e. The number of hydrogen-bond donors (Lipinski definition) is 0. The summed E-state index contributed by atoms with van der Waals surface area (Å²) in [4.78, 5) is 0. The fourth-order valence-corrected chi connectivity index (χ4v) is 11.1. The van der Waals surface area contributed by atoms with E-state index >= 15 is 0 Å². The molecule has 21 heavy (non-hydrogen) atoms. The van der Waals surface area contributed by atoms with Gasteiger partial charge in [0.15, 0.2) is 8.32 Å². The van der Waals surface area contributed by atoms with Crippen LogP contribution in [-0.2, 0) is 8.85 Å². The maximum atomic E-state index is 6.55. The topological polar surface area (TPSA) is 18.5 Å². The molecule has 0 bridgehead atoms. The zero-order valence-electron chi connectivity index (χ0n) is 15.7. The summed E-state index contributed by atoms with van der Waals surface area (Å²) in [5, 5.41) is 0. The lowest BCUT2D eigenvalue weighted by molar-refractivity contribution is 0.0249. The Hall–Kier alpha value is 0.0938. The van der Waals surface area contributed by atoms with Gasteiger partial charge in [-0.05, 0) is 59.4 Å². The molecule has 0 aliphatic carbocycles. The third-order valence-electron chi connectivity index (χ3n) is 3.45. The second-order valence-corrected chi connectivity index (χ2v) is 16.8. The molecule has 0 aromatic carbocycles. The third-order valence-corrected chi connectivity index (χ3v) is 9.98. The van der Waals surface area contributed by atoms with E-state index in [-0.39, 0.29) is 6.10 Å². The van der Waals surface area contributed by atoms with Gasteiger partial charge in [-0.3, -0.25) is 0 Å². The van der Waals surface area contributed by atoms with E-state index in [1.165, 1.54) is 24.8 Å². The van der Waals surface area contributed by atoms with Crippen LogP contribution in [0.25, 0.3) is 0 Å². The average Bonchev–Trinajstić information content (AvgIpc) is 2.23. The van der Waals surface area contributed by atoms with Crippen molar-refractivity contribution in [3.05, 3.63) is 12.2 Å².